The van der Waals surface area contributed by atoms with Crippen LogP contribution in [0.3, 0.4) is 0 Å². The van der Waals surface area contributed by atoms with Crippen LogP contribution in [0.2, 0.25) is 0 Å². The van der Waals surface area contributed by atoms with Crippen molar-refractivity contribution in [1.82, 2.24) is 5.06 Å². The van der Waals surface area contributed by atoms with Gasteiger partial charge in [0, 0.05) is 11.1 Å². The molecule has 2 aliphatic rings. The van der Waals surface area contributed by atoms with Crippen LogP contribution in [-0.4, -0.2) is 44.4 Å². The van der Waals surface area contributed by atoms with Gasteiger partial charge in [0.05, 0.1) is 18.9 Å². The Morgan fingerprint density at radius 1 is 0.880 bits per heavy atom. The Hall–Kier alpha value is -1.14. The molecule has 2 rings (SSSR count). The van der Waals surface area contributed by atoms with Gasteiger partial charge in [0.1, 0.15) is 0 Å². The largest absolute Gasteiger partial charge is 0.481 e. The average molecular weight is 357 g/mol. The molecule has 2 fully saturated rings. The second-order valence-corrected chi connectivity index (χ2v) is 8.43. The zero-order chi connectivity index (χ0) is 19.1. The van der Waals surface area contributed by atoms with Gasteiger partial charge in [-0.3, -0.25) is 14.4 Å². The summed E-state index contributed by atoms with van der Waals surface area (Å²) in [5.74, 6) is -2.15. The molecule has 0 atom stereocenters. The van der Waals surface area contributed by atoms with Crippen LogP contribution in [0.25, 0.3) is 0 Å². The zero-order valence-electron chi connectivity index (χ0n) is 16.2. The number of rotatable bonds is 5. The highest BCUT2D eigenvalue weighted by molar-refractivity contribution is 5.75. The molecule has 146 valence electrons. The Balaban J connectivity index is 0.000000333. The van der Waals surface area contributed by atoms with Gasteiger partial charge in [0.15, 0.2) is 0 Å². The number of carboxylic acid groups (broad SMARTS) is 2. The van der Waals surface area contributed by atoms with Crippen LogP contribution in [0.1, 0.15) is 91.9 Å². The maximum atomic E-state index is 9.64. The Kier molecular flexibility index (Phi) is 8.35. The molecule has 2 N–H and O–H groups in total. The molecule has 25 heavy (non-hydrogen) atoms. The number of carbonyl (C=O) groups is 2. The van der Waals surface area contributed by atoms with Gasteiger partial charge in [-0.15, -0.1) is 0 Å². The number of nitrogens with zero attached hydrogens (tertiary/aromatic N) is 1. The lowest BCUT2D eigenvalue weighted by atomic mass is 9.82. The van der Waals surface area contributed by atoms with E-state index in [0.717, 1.165) is 0 Å². The molecule has 1 aliphatic carbocycles. The minimum Gasteiger partial charge on any atom is -0.481 e. The Morgan fingerprint density at radius 3 is 1.72 bits per heavy atom. The number of piperidine rings is 1. The Bertz CT molecular complexity index is 411. The highest BCUT2D eigenvalue weighted by Gasteiger charge is 2.43. The van der Waals surface area contributed by atoms with Crippen LogP contribution in [0.4, 0.5) is 0 Å². The van der Waals surface area contributed by atoms with Crippen molar-refractivity contribution in [3.8, 4) is 0 Å². The van der Waals surface area contributed by atoms with E-state index in [1.54, 1.807) is 0 Å². The molecule has 1 saturated carbocycles. The minimum atomic E-state index is -1.08. The second-order valence-electron chi connectivity index (χ2n) is 8.43. The molecular weight excluding hydrogens is 322 g/mol. The SMILES string of the molecule is CC1(C)CCCC(C)(C)N1OC1CCCCC1.O=C(O)CCC(=O)O. The molecule has 0 aromatic heterocycles. The van der Waals surface area contributed by atoms with E-state index < -0.39 is 11.9 Å². The molecule has 0 spiro atoms. The van der Waals surface area contributed by atoms with E-state index >= 15 is 0 Å². The summed E-state index contributed by atoms with van der Waals surface area (Å²) in [6, 6.07) is 0. The first-order chi connectivity index (χ1) is 11.5. The first-order valence-corrected chi connectivity index (χ1v) is 9.45. The van der Waals surface area contributed by atoms with Crippen LogP contribution in [0.5, 0.6) is 0 Å². The monoisotopic (exact) mass is 357 g/mol. The van der Waals surface area contributed by atoms with Crippen LogP contribution in [-0.2, 0) is 14.4 Å². The van der Waals surface area contributed by atoms with E-state index in [4.69, 9.17) is 15.1 Å². The summed E-state index contributed by atoms with van der Waals surface area (Å²) in [4.78, 5) is 25.7. The van der Waals surface area contributed by atoms with E-state index in [9.17, 15) is 9.59 Å². The van der Waals surface area contributed by atoms with Gasteiger partial charge in [0.2, 0.25) is 0 Å². The molecule has 0 amide bonds. The highest BCUT2D eigenvalue weighted by atomic mass is 16.7. The van der Waals surface area contributed by atoms with Crippen molar-refractivity contribution < 1.29 is 24.6 Å². The van der Waals surface area contributed by atoms with Crippen molar-refractivity contribution in [1.29, 1.82) is 0 Å². The van der Waals surface area contributed by atoms with Crippen LogP contribution in [0.15, 0.2) is 0 Å². The molecule has 0 aromatic rings. The first kappa shape index (κ1) is 21.9. The fourth-order valence-corrected chi connectivity index (χ4v) is 3.79. The van der Waals surface area contributed by atoms with Crippen molar-refractivity contribution in [3.63, 3.8) is 0 Å². The number of hydrogen-bond donors (Lipinski definition) is 2. The topological polar surface area (TPSA) is 87.1 Å². The molecular formula is C19H35NO5. The Morgan fingerprint density at radius 2 is 1.32 bits per heavy atom. The van der Waals surface area contributed by atoms with Gasteiger partial charge in [-0.2, -0.15) is 5.06 Å². The molecule has 6 nitrogen and oxygen atoms in total. The van der Waals surface area contributed by atoms with Gasteiger partial charge in [-0.05, 0) is 59.8 Å². The molecule has 0 aromatic carbocycles. The van der Waals surface area contributed by atoms with Crippen molar-refractivity contribution in [3.05, 3.63) is 0 Å². The summed E-state index contributed by atoms with van der Waals surface area (Å²) in [5, 5.41) is 18.1. The molecule has 6 heteroatoms. The summed E-state index contributed by atoms with van der Waals surface area (Å²) in [7, 11) is 0. The standard InChI is InChI=1S/C15H29NO.C4H6O4/c1-14(2)11-8-12-15(3,4)16(14)17-13-9-6-5-7-10-13;5-3(6)1-2-4(7)8/h13H,5-12H2,1-4H3;1-2H2,(H,5,6)(H,7,8). The van der Waals surface area contributed by atoms with Gasteiger partial charge in [-0.1, -0.05) is 19.3 Å². The zero-order valence-corrected chi connectivity index (χ0v) is 16.2. The summed E-state index contributed by atoms with van der Waals surface area (Å²) >= 11 is 0. The fraction of sp³-hybridized carbons (Fsp3) is 0.895. The number of hydrogen-bond acceptors (Lipinski definition) is 4. The summed E-state index contributed by atoms with van der Waals surface area (Å²) in [6.07, 6.45) is 10.3. The van der Waals surface area contributed by atoms with Crippen molar-refractivity contribution in [2.24, 2.45) is 0 Å². The average Bonchev–Trinajstić information content (AvgIpc) is 2.50. The lowest BCUT2D eigenvalue weighted by Gasteiger charge is -2.52. The van der Waals surface area contributed by atoms with Crippen LogP contribution in [0, 0.1) is 0 Å². The first-order valence-electron chi connectivity index (χ1n) is 9.45. The van der Waals surface area contributed by atoms with Gasteiger partial charge in [0.25, 0.3) is 0 Å². The lowest BCUT2D eigenvalue weighted by Crippen LogP contribution is -2.59. The predicted octanol–water partition coefficient (Wildman–Crippen LogP) is 4.23. The van der Waals surface area contributed by atoms with E-state index in [1.165, 1.54) is 51.4 Å². The minimum absolute atomic E-state index is 0.194. The van der Waals surface area contributed by atoms with Crippen LogP contribution >= 0.6 is 0 Å². The lowest BCUT2D eigenvalue weighted by molar-refractivity contribution is -0.308. The van der Waals surface area contributed by atoms with E-state index in [1.807, 2.05) is 0 Å². The van der Waals surface area contributed by atoms with Gasteiger partial charge >= 0.3 is 11.9 Å². The van der Waals surface area contributed by atoms with E-state index in [-0.39, 0.29) is 23.9 Å². The molecule has 0 radical (unpaired) electrons. The van der Waals surface area contributed by atoms with Crippen molar-refractivity contribution >= 4 is 11.9 Å². The maximum absolute atomic E-state index is 9.64. The molecule has 0 bridgehead atoms. The third kappa shape index (κ3) is 7.74. The summed E-state index contributed by atoms with van der Waals surface area (Å²) in [5.41, 5.74) is 0.387. The smallest absolute Gasteiger partial charge is 0.303 e. The van der Waals surface area contributed by atoms with Crippen LogP contribution < -0.4 is 0 Å². The Labute approximate surface area is 151 Å². The predicted molar refractivity (Wildman–Crippen MR) is 96.3 cm³/mol. The maximum Gasteiger partial charge on any atom is 0.303 e. The quantitative estimate of drug-likeness (QED) is 0.765. The number of carboxylic acids is 2. The fourth-order valence-electron chi connectivity index (χ4n) is 3.79. The normalized spacial score (nSPS) is 23.4. The molecule has 1 saturated heterocycles. The second kappa shape index (κ2) is 9.53. The van der Waals surface area contributed by atoms with Crippen molar-refractivity contribution in [2.45, 2.75) is 109 Å². The number of aliphatic carboxylic acids is 2. The summed E-state index contributed by atoms with van der Waals surface area (Å²) in [6.45, 7) is 9.32. The summed E-state index contributed by atoms with van der Waals surface area (Å²) < 4.78 is 0. The number of hydroxylamine groups is 2. The molecule has 1 aliphatic heterocycles. The third-order valence-electron chi connectivity index (χ3n) is 5.04. The molecule has 1 heterocycles. The van der Waals surface area contributed by atoms with Gasteiger partial charge < -0.3 is 10.2 Å². The molecule has 0 unspecified atom stereocenters. The highest BCUT2D eigenvalue weighted by Crippen LogP contribution is 2.39. The third-order valence-corrected chi connectivity index (χ3v) is 5.04. The van der Waals surface area contributed by atoms with Crippen molar-refractivity contribution in [2.75, 3.05) is 0 Å². The van der Waals surface area contributed by atoms with Gasteiger partial charge in [-0.25, -0.2) is 0 Å². The van der Waals surface area contributed by atoms with E-state index in [2.05, 4.69) is 32.8 Å². The van der Waals surface area contributed by atoms with E-state index in [0.29, 0.717) is 6.10 Å².